The second-order valence-electron chi connectivity index (χ2n) is 5.88. The molecule has 0 unspecified atom stereocenters. The van der Waals surface area contributed by atoms with E-state index in [0.29, 0.717) is 0 Å². The maximum absolute atomic E-state index is 2.37. The summed E-state index contributed by atoms with van der Waals surface area (Å²) in [4.78, 5) is 0. The van der Waals surface area contributed by atoms with Gasteiger partial charge in [0.2, 0.25) is 0 Å². The lowest BCUT2D eigenvalue weighted by atomic mass is 9.96. The Morgan fingerprint density at radius 1 is 1.18 bits per heavy atom. The lowest BCUT2D eigenvalue weighted by molar-refractivity contribution is 0.562. The summed E-state index contributed by atoms with van der Waals surface area (Å²) in [5.41, 5.74) is 7.68. The summed E-state index contributed by atoms with van der Waals surface area (Å²) in [7, 11) is 0. The Balaban J connectivity index is 2.13. The van der Waals surface area contributed by atoms with Crippen molar-refractivity contribution in [2.45, 2.75) is 53.4 Å². The van der Waals surface area contributed by atoms with Gasteiger partial charge in [-0.25, -0.2) is 0 Å². The molecule has 1 aliphatic rings. The van der Waals surface area contributed by atoms with Crippen molar-refractivity contribution in [1.82, 2.24) is 0 Å². The van der Waals surface area contributed by atoms with Crippen molar-refractivity contribution in [3.8, 4) is 0 Å². The molecule has 1 aliphatic carbocycles. The van der Waals surface area contributed by atoms with Gasteiger partial charge in [0.15, 0.2) is 0 Å². The standard InChI is InChI=1S/C17H24/c1-12(2)6-5-7-16-14(4)11-15-9-8-13(3)10-17(15)16/h8-10,12H,5-7,11H2,1-4H3. The molecule has 0 saturated carbocycles. The van der Waals surface area contributed by atoms with Crippen molar-refractivity contribution in [1.29, 1.82) is 0 Å². The highest BCUT2D eigenvalue weighted by atomic mass is 14.2. The monoisotopic (exact) mass is 228 g/mol. The minimum absolute atomic E-state index is 0.828. The number of benzene rings is 1. The van der Waals surface area contributed by atoms with E-state index in [9.17, 15) is 0 Å². The van der Waals surface area contributed by atoms with Gasteiger partial charge in [-0.1, -0.05) is 49.6 Å². The first-order chi connectivity index (χ1) is 8.08. The molecule has 0 radical (unpaired) electrons. The zero-order chi connectivity index (χ0) is 12.4. The van der Waals surface area contributed by atoms with Crippen LogP contribution in [-0.4, -0.2) is 0 Å². The molecule has 0 saturated heterocycles. The Kier molecular flexibility index (Phi) is 3.71. The molecule has 0 fully saturated rings. The molecule has 0 heterocycles. The van der Waals surface area contributed by atoms with Crippen molar-refractivity contribution >= 4 is 5.57 Å². The van der Waals surface area contributed by atoms with Crippen LogP contribution in [0.5, 0.6) is 0 Å². The Morgan fingerprint density at radius 2 is 1.94 bits per heavy atom. The highest BCUT2D eigenvalue weighted by Crippen LogP contribution is 2.36. The normalized spacial score (nSPS) is 14.6. The minimum atomic E-state index is 0.828. The topological polar surface area (TPSA) is 0 Å². The average Bonchev–Trinajstić information content (AvgIpc) is 2.55. The van der Waals surface area contributed by atoms with Crippen molar-refractivity contribution in [2.75, 3.05) is 0 Å². The second-order valence-corrected chi connectivity index (χ2v) is 5.88. The summed E-state index contributed by atoms with van der Waals surface area (Å²) in [5.74, 6) is 0.828. The molecule has 0 nitrogen and oxygen atoms in total. The van der Waals surface area contributed by atoms with Gasteiger partial charge in [0.25, 0.3) is 0 Å². The fourth-order valence-corrected chi connectivity index (χ4v) is 2.78. The predicted molar refractivity (Wildman–Crippen MR) is 76.2 cm³/mol. The maximum atomic E-state index is 2.37. The summed E-state index contributed by atoms with van der Waals surface area (Å²) in [6.45, 7) is 9.13. The van der Waals surface area contributed by atoms with Crippen LogP contribution in [0, 0.1) is 12.8 Å². The Bertz CT molecular complexity index is 435. The lowest BCUT2D eigenvalue weighted by Crippen LogP contribution is -1.90. The molecule has 0 N–H and O–H groups in total. The van der Waals surface area contributed by atoms with E-state index in [1.165, 1.54) is 42.4 Å². The van der Waals surface area contributed by atoms with E-state index in [4.69, 9.17) is 0 Å². The SMILES string of the molecule is CC1=C(CCCC(C)C)c2cc(C)ccc2C1. The van der Waals surface area contributed by atoms with Gasteiger partial charge in [0.05, 0.1) is 0 Å². The molecular weight excluding hydrogens is 204 g/mol. The summed E-state index contributed by atoms with van der Waals surface area (Å²) >= 11 is 0. The fourth-order valence-electron chi connectivity index (χ4n) is 2.78. The molecule has 0 spiro atoms. The van der Waals surface area contributed by atoms with Crippen LogP contribution in [0.25, 0.3) is 5.57 Å². The van der Waals surface area contributed by atoms with E-state index in [2.05, 4.69) is 45.9 Å². The van der Waals surface area contributed by atoms with Gasteiger partial charge in [0, 0.05) is 0 Å². The van der Waals surface area contributed by atoms with Crippen LogP contribution >= 0.6 is 0 Å². The van der Waals surface area contributed by atoms with Crippen molar-refractivity contribution in [2.24, 2.45) is 5.92 Å². The average molecular weight is 228 g/mol. The maximum Gasteiger partial charge on any atom is -0.00578 e. The number of rotatable bonds is 4. The summed E-state index contributed by atoms with van der Waals surface area (Å²) < 4.78 is 0. The van der Waals surface area contributed by atoms with Crippen LogP contribution in [0.4, 0.5) is 0 Å². The van der Waals surface area contributed by atoms with Crippen LogP contribution in [-0.2, 0) is 6.42 Å². The zero-order valence-corrected chi connectivity index (χ0v) is 11.6. The largest absolute Gasteiger partial charge is 0.0651 e. The van der Waals surface area contributed by atoms with Crippen LogP contribution in [0.15, 0.2) is 23.8 Å². The van der Waals surface area contributed by atoms with Gasteiger partial charge in [0.1, 0.15) is 0 Å². The molecule has 1 aromatic carbocycles. The number of aryl methyl sites for hydroxylation is 1. The molecule has 0 atom stereocenters. The molecule has 92 valence electrons. The third-order valence-corrected chi connectivity index (χ3v) is 3.77. The minimum Gasteiger partial charge on any atom is -0.0651 e. The molecule has 2 rings (SSSR count). The third-order valence-electron chi connectivity index (χ3n) is 3.77. The number of hydrogen-bond acceptors (Lipinski definition) is 0. The summed E-state index contributed by atoms with van der Waals surface area (Å²) in [6, 6.07) is 6.92. The van der Waals surface area contributed by atoms with Gasteiger partial charge >= 0.3 is 0 Å². The van der Waals surface area contributed by atoms with Crippen LogP contribution in [0.2, 0.25) is 0 Å². The lowest BCUT2D eigenvalue weighted by Gasteiger charge is -2.09. The molecular formula is C17H24. The second kappa shape index (κ2) is 5.08. The van der Waals surface area contributed by atoms with Crippen LogP contribution in [0.1, 0.15) is 56.7 Å². The number of allylic oxidation sites excluding steroid dienone is 2. The number of hydrogen-bond donors (Lipinski definition) is 0. The summed E-state index contributed by atoms with van der Waals surface area (Å²) in [5, 5.41) is 0. The summed E-state index contributed by atoms with van der Waals surface area (Å²) in [6.07, 6.45) is 5.11. The Labute approximate surface area is 106 Å². The smallest absolute Gasteiger partial charge is 0.00578 e. The van der Waals surface area contributed by atoms with Crippen LogP contribution in [0.3, 0.4) is 0 Å². The van der Waals surface area contributed by atoms with E-state index in [1.54, 1.807) is 11.1 Å². The first kappa shape index (κ1) is 12.4. The molecule has 17 heavy (non-hydrogen) atoms. The Hall–Kier alpha value is -1.04. The van der Waals surface area contributed by atoms with E-state index in [-0.39, 0.29) is 0 Å². The molecule has 0 aromatic heterocycles. The van der Waals surface area contributed by atoms with Crippen molar-refractivity contribution in [3.05, 3.63) is 40.5 Å². The van der Waals surface area contributed by atoms with Crippen LogP contribution < -0.4 is 0 Å². The van der Waals surface area contributed by atoms with E-state index in [1.807, 2.05) is 0 Å². The van der Waals surface area contributed by atoms with E-state index < -0.39 is 0 Å². The van der Waals surface area contributed by atoms with Crippen molar-refractivity contribution < 1.29 is 0 Å². The molecule has 0 heteroatoms. The van der Waals surface area contributed by atoms with E-state index >= 15 is 0 Å². The van der Waals surface area contributed by atoms with Gasteiger partial charge < -0.3 is 0 Å². The highest BCUT2D eigenvalue weighted by molar-refractivity contribution is 5.76. The highest BCUT2D eigenvalue weighted by Gasteiger charge is 2.18. The third kappa shape index (κ3) is 2.80. The molecule has 1 aromatic rings. The van der Waals surface area contributed by atoms with Crippen molar-refractivity contribution in [3.63, 3.8) is 0 Å². The zero-order valence-electron chi connectivity index (χ0n) is 11.6. The molecule has 0 aliphatic heterocycles. The van der Waals surface area contributed by atoms with Gasteiger partial charge in [-0.3, -0.25) is 0 Å². The molecule has 0 amide bonds. The first-order valence-corrected chi connectivity index (χ1v) is 6.86. The van der Waals surface area contributed by atoms with E-state index in [0.717, 1.165) is 5.92 Å². The molecule has 0 bridgehead atoms. The quantitative estimate of drug-likeness (QED) is 0.668. The Morgan fingerprint density at radius 3 is 2.65 bits per heavy atom. The van der Waals surface area contributed by atoms with Gasteiger partial charge in [-0.15, -0.1) is 0 Å². The number of fused-ring (bicyclic) bond motifs is 1. The fraction of sp³-hybridized carbons (Fsp3) is 0.529. The first-order valence-electron chi connectivity index (χ1n) is 6.86. The van der Waals surface area contributed by atoms with Gasteiger partial charge in [-0.05, 0) is 55.7 Å². The predicted octanol–water partition coefficient (Wildman–Crippen LogP) is 5.15. The van der Waals surface area contributed by atoms with Gasteiger partial charge in [-0.2, -0.15) is 0 Å².